The number of nitrogens with zero attached hydrogens (tertiary/aromatic N) is 1. The molecule has 0 saturated carbocycles. The summed E-state index contributed by atoms with van der Waals surface area (Å²) >= 11 is 5.78. The molecule has 10 heavy (non-hydrogen) atoms. The zero-order valence-corrected chi connectivity index (χ0v) is 6.94. The van der Waals surface area contributed by atoms with Crippen molar-refractivity contribution in [2.45, 2.75) is 20.3 Å². The smallest absolute Gasteiger partial charge is 0.0618 e. The first-order valence-corrected chi connectivity index (χ1v) is 3.73. The Morgan fingerprint density at radius 2 is 2.30 bits per heavy atom. The quantitative estimate of drug-likeness (QED) is 0.608. The van der Waals surface area contributed by atoms with E-state index in [9.17, 15) is 0 Å². The summed E-state index contributed by atoms with van der Waals surface area (Å²) in [5.74, 6) is 0. The van der Waals surface area contributed by atoms with Crippen LogP contribution < -0.4 is 0 Å². The summed E-state index contributed by atoms with van der Waals surface area (Å²) in [6.45, 7) is 4.07. The molecule has 0 fully saturated rings. The summed E-state index contributed by atoms with van der Waals surface area (Å²) in [6.07, 6.45) is 2.67. The standard InChI is InChI=1S/C8H10ClN/c1-3-7-4-6(2)8(9)5-10-7/h4-5H,3H2,1-2H3. The second kappa shape index (κ2) is 3.02. The van der Waals surface area contributed by atoms with Crippen molar-refractivity contribution in [3.05, 3.63) is 28.5 Å². The molecular weight excluding hydrogens is 146 g/mol. The zero-order chi connectivity index (χ0) is 7.56. The fraction of sp³-hybridized carbons (Fsp3) is 0.375. The zero-order valence-electron chi connectivity index (χ0n) is 6.19. The van der Waals surface area contributed by atoms with E-state index in [0.29, 0.717) is 0 Å². The maximum atomic E-state index is 5.78. The van der Waals surface area contributed by atoms with Crippen LogP contribution in [0.15, 0.2) is 12.3 Å². The lowest BCUT2D eigenvalue weighted by molar-refractivity contribution is 1.03. The van der Waals surface area contributed by atoms with Crippen LogP contribution in [0, 0.1) is 6.92 Å². The Balaban J connectivity index is 3.04. The predicted molar refractivity (Wildman–Crippen MR) is 43.4 cm³/mol. The average Bonchev–Trinajstić information content (AvgIpc) is 1.95. The summed E-state index contributed by atoms with van der Waals surface area (Å²) in [4.78, 5) is 4.13. The molecule has 0 saturated heterocycles. The van der Waals surface area contributed by atoms with Crippen LogP contribution in [0.2, 0.25) is 5.02 Å². The molecule has 1 nitrogen and oxygen atoms in total. The van der Waals surface area contributed by atoms with E-state index >= 15 is 0 Å². The first-order valence-electron chi connectivity index (χ1n) is 3.35. The Hall–Kier alpha value is -0.560. The fourth-order valence-corrected chi connectivity index (χ4v) is 0.894. The molecule has 1 aromatic rings. The molecule has 1 rings (SSSR count). The highest BCUT2D eigenvalue weighted by Crippen LogP contribution is 2.13. The van der Waals surface area contributed by atoms with Crippen molar-refractivity contribution in [3.8, 4) is 0 Å². The van der Waals surface area contributed by atoms with Crippen LogP contribution >= 0.6 is 11.6 Å². The normalized spacial score (nSPS) is 9.90. The molecular formula is C8H10ClN. The van der Waals surface area contributed by atoms with Gasteiger partial charge in [-0.25, -0.2) is 0 Å². The Morgan fingerprint density at radius 3 is 2.80 bits per heavy atom. The minimum absolute atomic E-state index is 0.747. The summed E-state index contributed by atoms with van der Waals surface area (Å²) in [5.41, 5.74) is 2.20. The molecule has 0 unspecified atom stereocenters. The summed E-state index contributed by atoms with van der Waals surface area (Å²) in [5, 5.41) is 0.747. The van der Waals surface area contributed by atoms with Gasteiger partial charge >= 0.3 is 0 Å². The fourth-order valence-electron chi connectivity index (χ4n) is 0.791. The number of aromatic nitrogens is 1. The van der Waals surface area contributed by atoms with Crippen molar-refractivity contribution < 1.29 is 0 Å². The van der Waals surface area contributed by atoms with Crippen LogP contribution in [-0.2, 0) is 6.42 Å². The van der Waals surface area contributed by atoms with E-state index in [1.165, 1.54) is 0 Å². The van der Waals surface area contributed by atoms with Gasteiger partial charge in [0.05, 0.1) is 5.02 Å². The first-order chi connectivity index (χ1) is 4.74. The van der Waals surface area contributed by atoms with Crippen molar-refractivity contribution in [3.63, 3.8) is 0 Å². The van der Waals surface area contributed by atoms with Gasteiger partial charge in [0, 0.05) is 11.9 Å². The van der Waals surface area contributed by atoms with Gasteiger partial charge in [0.25, 0.3) is 0 Å². The van der Waals surface area contributed by atoms with Gasteiger partial charge in [-0.3, -0.25) is 4.98 Å². The van der Waals surface area contributed by atoms with Crippen LogP contribution in [0.5, 0.6) is 0 Å². The lowest BCUT2D eigenvalue weighted by Crippen LogP contribution is -1.87. The lowest BCUT2D eigenvalue weighted by Gasteiger charge is -1.98. The van der Waals surface area contributed by atoms with E-state index < -0.39 is 0 Å². The number of pyridine rings is 1. The number of aryl methyl sites for hydroxylation is 2. The molecule has 0 aliphatic carbocycles. The SMILES string of the molecule is CCc1cc(C)c(Cl)cn1. The van der Waals surface area contributed by atoms with Crippen LogP contribution in [0.1, 0.15) is 18.2 Å². The molecule has 0 N–H and O–H groups in total. The van der Waals surface area contributed by atoms with Crippen molar-refractivity contribution >= 4 is 11.6 Å². The molecule has 0 radical (unpaired) electrons. The Morgan fingerprint density at radius 1 is 1.60 bits per heavy atom. The molecule has 0 aromatic carbocycles. The summed E-state index contributed by atoms with van der Waals surface area (Å²) in [6, 6.07) is 2.02. The van der Waals surface area contributed by atoms with Crippen molar-refractivity contribution in [1.82, 2.24) is 4.98 Å². The van der Waals surface area contributed by atoms with Crippen molar-refractivity contribution in [1.29, 1.82) is 0 Å². The maximum Gasteiger partial charge on any atom is 0.0618 e. The van der Waals surface area contributed by atoms with Crippen LogP contribution in [0.3, 0.4) is 0 Å². The summed E-state index contributed by atoms with van der Waals surface area (Å²) < 4.78 is 0. The lowest BCUT2D eigenvalue weighted by atomic mass is 10.2. The molecule has 0 aliphatic rings. The Kier molecular flexibility index (Phi) is 2.28. The van der Waals surface area contributed by atoms with E-state index in [-0.39, 0.29) is 0 Å². The predicted octanol–water partition coefficient (Wildman–Crippen LogP) is 2.61. The third-order valence-electron chi connectivity index (χ3n) is 1.47. The van der Waals surface area contributed by atoms with Gasteiger partial charge in [0.2, 0.25) is 0 Å². The topological polar surface area (TPSA) is 12.9 Å². The van der Waals surface area contributed by atoms with E-state index in [0.717, 1.165) is 22.7 Å². The van der Waals surface area contributed by atoms with Crippen LogP contribution in [-0.4, -0.2) is 4.98 Å². The molecule has 0 bridgehead atoms. The highest BCUT2D eigenvalue weighted by atomic mass is 35.5. The molecule has 1 heterocycles. The highest BCUT2D eigenvalue weighted by Gasteiger charge is 1.95. The number of hydrogen-bond acceptors (Lipinski definition) is 1. The van der Waals surface area contributed by atoms with Gasteiger partial charge in [-0.15, -0.1) is 0 Å². The third kappa shape index (κ3) is 1.48. The second-order valence-electron chi connectivity index (χ2n) is 2.28. The molecule has 0 aliphatic heterocycles. The Labute approximate surface area is 66.0 Å². The van der Waals surface area contributed by atoms with Crippen molar-refractivity contribution in [2.24, 2.45) is 0 Å². The average molecular weight is 156 g/mol. The van der Waals surface area contributed by atoms with Crippen molar-refractivity contribution in [2.75, 3.05) is 0 Å². The molecule has 0 spiro atoms. The van der Waals surface area contributed by atoms with Crippen LogP contribution in [0.4, 0.5) is 0 Å². The number of hydrogen-bond donors (Lipinski definition) is 0. The van der Waals surface area contributed by atoms with E-state index in [1.807, 2.05) is 13.0 Å². The molecule has 0 amide bonds. The van der Waals surface area contributed by atoms with E-state index in [1.54, 1.807) is 6.20 Å². The number of rotatable bonds is 1. The van der Waals surface area contributed by atoms with Gasteiger partial charge in [-0.2, -0.15) is 0 Å². The van der Waals surface area contributed by atoms with E-state index in [4.69, 9.17) is 11.6 Å². The van der Waals surface area contributed by atoms with Gasteiger partial charge in [0.1, 0.15) is 0 Å². The molecule has 54 valence electrons. The van der Waals surface area contributed by atoms with Gasteiger partial charge < -0.3 is 0 Å². The minimum Gasteiger partial charge on any atom is -0.260 e. The van der Waals surface area contributed by atoms with Gasteiger partial charge in [-0.1, -0.05) is 18.5 Å². The van der Waals surface area contributed by atoms with E-state index in [2.05, 4.69) is 11.9 Å². The second-order valence-corrected chi connectivity index (χ2v) is 2.69. The summed E-state index contributed by atoms with van der Waals surface area (Å²) in [7, 11) is 0. The maximum absolute atomic E-state index is 5.78. The number of halogens is 1. The first kappa shape index (κ1) is 7.55. The largest absolute Gasteiger partial charge is 0.260 e. The third-order valence-corrected chi connectivity index (χ3v) is 1.86. The minimum atomic E-state index is 0.747. The monoisotopic (exact) mass is 155 g/mol. The Bertz CT molecular complexity index is 233. The van der Waals surface area contributed by atoms with Gasteiger partial charge in [0.15, 0.2) is 0 Å². The molecule has 0 atom stereocenters. The van der Waals surface area contributed by atoms with Crippen LogP contribution in [0.25, 0.3) is 0 Å². The highest BCUT2D eigenvalue weighted by molar-refractivity contribution is 6.31. The molecule has 2 heteroatoms. The van der Waals surface area contributed by atoms with Gasteiger partial charge in [-0.05, 0) is 25.0 Å². The molecule has 1 aromatic heterocycles.